The molecule has 0 bridgehead atoms. The van der Waals surface area contributed by atoms with Gasteiger partial charge in [-0.1, -0.05) is 12.1 Å². The third kappa shape index (κ3) is 6.04. The maximum atomic E-state index is 12.4. The molecule has 1 amide bonds. The van der Waals surface area contributed by atoms with E-state index in [1.165, 1.54) is 5.56 Å². The monoisotopic (exact) mass is 582 g/mol. The van der Waals surface area contributed by atoms with Crippen LogP contribution in [-0.4, -0.2) is 81.7 Å². The summed E-state index contributed by atoms with van der Waals surface area (Å²) in [4.78, 5) is 38.8. The molecular formula is C34H42N6O3. The van der Waals surface area contributed by atoms with Crippen LogP contribution in [0.3, 0.4) is 0 Å². The first-order chi connectivity index (χ1) is 20.8. The Kier molecular flexibility index (Phi) is 8.25. The van der Waals surface area contributed by atoms with Crippen LogP contribution in [0.2, 0.25) is 0 Å². The molecule has 2 aliphatic rings. The van der Waals surface area contributed by atoms with Crippen molar-refractivity contribution < 1.29 is 9.53 Å². The molecule has 5 heterocycles. The highest BCUT2D eigenvalue weighted by Gasteiger charge is 2.30. The van der Waals surface area contributed by atoms with Crippen molar-refractivity contribution in [2.45, 2.75) is 51.6 Å². The highest BCUT2D eigenvalue weighted by atomic mass is 16.5. The second-order valence-corrected chi connectivity index (χ2v) is 12.2. The van der Waals surface area contributed by atoms with Crippen LogP contribution < -0.4 is 15.2 Å². The lowest BCUT2D eigenvalue weighted by Gasteiger charge is -2.44. The van der Waals surface area contributed by atoms with E-state index >= 15 is 0 Å². The lowest BCUT2D eigenvalue weighted by atomic mass is 9.89. The van der Waals surface area contributed by atoms with Gasteiger partial charge in [-0.25, -0.2) is 4.98 Å². The van der Waals surface area contributed by atoms with E-state index in [9.17, 15) is 9.59 Å². The van der Waals surface area contributed by atoms with Gasteiger partial charge in [-0.3, -0.25) is 14.5 Å². The molecule has 0 aliphatic carbocycles. The smallest absolute Gasteiger partial charge is 0.274 e. The van der Waals surface area contributed by atoms with Crippen LogP contribution in [-0.2, 0) is 11.8 Å². The summed E-state index contributed by atoms with van der Waals surface area (Å²) >= 11 is 0. The number of ether oxygens (including phenoxy) is 1. The molecule has 2 aliphatic heterocycles. The number of hydrogen-bond acceptors (Lipinski definition) is 6. The third-order valence-electron chi connectivity index (χ3n) is 9.29. The normalized spacial score (nSPS) is 20.1. The van der Waals surface area contributed by atoms with Gasteiger partial charge in [0.05, 0.1) is 0 Å². The summed E-state index contributed by atoms with van der Waals surface area (Å²) < 4.78 is 7.73. The van der Waals surface area contributed by atoms with Crippen molar-refractivity contribution >= 4 is 22.6 Å². The van der Waals surface area contributed by atoms with Crippen LogP contribution in [0.5, 0.6) is 5.75 Å². The summed E-state index contributed by atoms with van der Waals surface area (Å²) in [6.07, 6.45) is 7.77. The van der Waals surface area contributed by atoms with Crippen LogP contribution in [0.15, 0.2) is 65.8 Å². The summed E-state index contributed by atoms with van der Waals surface area (Å²) in [6.45, 7) is 11.0. The zero-order valence-electron chi connectivity index (χ0n) is 25.6. The molecule has 4 aromatic rings. The van der Waals surface area contributed by atoms with Gasteiger partial charge >= 0.3 is 0 Å². The summed E-state index contributed by atoms with van der Waals surface area (Å²) in [5.74, 6) is 2.58. The van der Waals surface area contributed by atoms with Gasteiger partial charge in [-0.05, 0) is 68.5 Å². The number of H-pyrrole nitrogens is 1. The topological polar surface area (TPSA) is 86.7 Å². The van der Waals surface area contributed by atoms with E-state index in [2.05, 4.69) is 65.0 Å². The zero-order valence-corrected chi connectivity index (χ0v) is 25.6. The predicted octanol–water partition coefficient (Wildman–Crippen LogP) is 4.63. The number of hydrogen-bond donors (Lipinski definition) is 1. The highest BCUT2D eigenvalue weighted by molar-refractivity contribution is 5.94. The van der Waals surface area contributed by atoms with E-state index in [-0.39, 0.29) is 11.5 Å². The third-order valence-corrected chi connectivity index (χ3v) is 9.29. The number of aromatic nitrogens is 3. The van der Waals surface area contributed by atoms with Gasteiger partial charge in [0.2, 0.25) is 5.91 Å². The molecule has 43 heavy (non-hydrogen) atoms. The Balaban J connectivity index is 1.00. The molecule has 226 valence electrons. The first kappa shape index (κ1) is 29.0. The molecule has 2 atom stereocenters. The van der Waals surface area contributed by atoms with Gasteiger partial charge in [0.1, 0.15) is 23.7 Å². The molecule has 0 saturated carbocycles. The number of nitrogens with zero attached hydrogens (tertiary/aromatic N) is 5. The molecule has 3 aromatic heterocycles. The van der Waals surface area contributed by atoms with Crippen LogP contribution in [0, 0.1) is 0 Å². The second-order valence-electron chi connectivity index (χ2n) is 12.2. The minimum absolute atomic E-state index is 0.0280. The van der Waals surface area contributed by atoms with E-state index < -0.39 is 0 Å². The Morgan fingerprint density at radius 1 is 1.02 bits per heavy atom. The number of aromatic amines is 1. The average molecular weight is 583 g/mol. The number of nitrogens with one attached hydrogen (secondary N) is 1. The van der Waals surface area contributed by atoms with E-state index in [1.807, 2.05) is 29.6 Å². The van der Waals surface area contributed by atoms with Gasteiger partial charge in [0.15, 0.2) is 0 Å². The van der Waals surface area contributed by atoms with E-state index in [4.69, 9.17) is 9.72 Å². The number of pyridine rings is 2. The second kappa shape index (κ2) is 12.2. The lowest BCUT2D eigenvalue weighted by molar-refractivity contribution is -0.133. The fourth-order valence-corrected chi connectivity index (χ4v) is 6.83. The summed E-state index contributed by atoms with van der Waals surface area (Å²) in [7, 11) is 1.78. The van der Waals surface area contributed by atoms with Crippen molar-refractivity contribution in [2.75, 3.05) is 44.2 Å². The molecule has 2 fully saturated rings. The zero-order chi connectivity index (χ0) is 30.1. The van der Waals surface area contributed by atoms with Gasteiger partial charge in [-0.2, -0.15) is 0 Å². The number of benzene rings is 1. The van der Waals surface area contributed by atoms with E-state index in [1.54, 1.807) is 18.5 Å². The Labute approximate surface area is 253 Å². The summed E-state index contributed by atoms with van der Waals surface area (Å²) in [6, 6.07) is 15.4. The minimum Gasteiger partial charge on any atom is -0.492 e. The van der Waals surface area contributed by atoms with E-state index in [0.717, 1.165) is 73.6 Å². The minimum atomic E-state index is -0.0280. The molecule has 1 aromatic carbocycles. The van der Waals surface area contributed by atoms with Crippen molar-refractivity contribution in [2.24, 2.45) is 7.05 Å². The number of fused-ring (bicyclic) bond motifs is 1. The number of amides is 1. The first-order valence-corrected chi connectivity index (χ1v) is 15.4. The summed E-state index contributed by atoms with van der Waals surface area (Å²) in [5.41, 5.74) is 3.96. The van der Waals surface area contributed by atoms with Crippen molar-refractivity contribution in [3.8, 4) is 16.9 Å². The molecule has 0 spiro atoms. The fraction of sp³-hybridized carbons (Fsp3) is 0.441. The number of anilines is 1. The standard InChI is InChI=1S/C34H42N6O3/c1-23-20-39(25(3)41)21-24(2)40(23)17-18-43-29-8-5-26(6-9-29)27-12-15-38(16-13-27)32-10-7-28(19-36-32)31-22-37(4)34(42)33-30(31)11-14-35-33/h5-11,14,19,22-24,27,35H,12-13,15-18,20-21H2,1-4H3/t23-,24+. The fourth-order valence-electron chi connectivity index (χ4n) is 6.83. The number of piperazine rings is 1. The van der Waals surface area contributed by atoms with Crippen molar-refractivity contribution in [3.63, 3.8) is 0 Å². The van der Waals surface area contributed by atoms with Gasteiger partial charge in [0, 0.05) is 93.9 Å². The van der Waals surface area contributed by atoms with Crippen LogP contribution in [0.25, 0.3) is 22.0 Å². The average Bonchev–Trinajstić information content (AvgIpc) is 3.51. The van der Waals surface area contributed by atoms with Crippen molar-refractivity contribution in [1.82, 2.24) is 24.3 Å². The predicted molar refractivity (Wildman–Crippen MR) is 171 cm³/mol. The number of piperidine rings is 1. The van der Waals surface area contributed by atoms with Crippen molar-refractivity contribution in [1.29, 1.82) is 0 Å². The molecule has 0 radical (unpaired) electrons. The Hall–Kier alpha value is -4.11. The quantitative estimate of drug-likeness (QED) is 0.342. The number of carbonyl (C=O) groups is 1. The number of rotatable bonds is 7. The SMILES string of the molecule is CC(=O)N1C[C@@H](C)N(CCOc2ccc(C3CCN(c4ccc(-c5cn(C)c(=O)c6[nH]ccc56)cn4)CC3)cc2)[C@@H](C)C1. The largest absolute Gasteiger partial charge is 0.492 e. The van der Waals surface area contributed by atoms with Gasteiger partial charge < -0.3 is 24.1 Å². The van der Waals surface area contributed by atoms with Gasteiger partial charge in [-0.15, -0.1) is 0 Å². The Morgan fingerprint density at radius 2 is 1.74 bits per heavy atom. The molecule has 1 N–H and O–H groups in total. The van der Waals surface area contributed by atoms with E-state index in [0.29, 0.717) is 30.1 Å². The molecular weight excluding hydrogens is 540 g/mol. The van der Waals surface area contributed by atoms with Gasteiger partial charge in [0.25, 0.3) is 5.56 Å². The first-order valence-electron chi connectivity index (χ1n) is 15.4. The Bertz CT molecular complexity index is 1610. The lowest BCUT2D eigenvalue weighted by Crippen LogP contribution is -2.58. The van der Waals surface area contributed by atoms with Crippen molar-refractivity contribution in [3.05, 3.63) is 77.0 Å². The summed E-state index contributed by atoms with van der Waals surface area (Å²) in [5, 5.41) is 0.920. The van der Waals surface area contributed by atoms with Crippen LogP contribution in [0.1, 0.15) is 45.1 Å². The molecule has 9 nitrogen and oxygen atoms in total. The maximum absolute atomic E-state index is 12.4. The molecule has 6 rings (SSSR count). The molecule has 2 saturated heterocycles. The molecule has 9 heteroatoms. The van der Waals surface area contributed by atoms with Crippen LogP contribution in [0.4, 0.5) is 5.82 Å². The maximum Gasteiger partial charge on any atom is 0.274 e. The number of aryl methyl sites for hydroxylation is 1. The highest BCUT2D eigenvalue weighted by Crippen LogP contribution is 2.32. The number of carbonyl (C=O) groups excluding carboxylic acids is 1. The van der Waals surface area contributed by atoms with Crippen LogP contribution >= 0.6 is 0 Å². The Morgan fingerprint density at radius 3 is 2.40 bits per heavy atom. The molecule has 0 unspecified atom stereocenters.